The molecule has 3 rings (SSSR count). The van der Waals surface area contributed by atoms with Crippen molar-refractivity contribution in [1.82, 2.24) is 9.80 Å². The predicted octanol–water partition coefficient (Wildman–Crippen LogP) is 2.19. The van der Waals surface area contributed by atoms with E-state index in [1.54, 1.807) is 7.11 Å². The van der Waals surface area contributed by atoms with Gasteiger partial charge in [-0.25, -0.2) is 0 Å². The lowest BCUT2D eigenvalue weighted by atomic mass is 9.77. The highest BCUT2D eigenvalue weighted by Gasteiger charge is 2.44. The molecular formula is C20H26N2O3. The molecule has 25 heavy (non-hydrogen) atoms. The molecule has 2 heterocycles. The minimum atomic E-state index is 0.0432. The summed E-state index contributed by atoms with van der Waals surface area (Å²) in [5.74, 6) is 0.277. The van der Waals surface area contributed by atoms with Gasteiger partial charge in [0, 0.05) is 45.1 Å². The number of rotatable bonds is 5. The van der Waals surface area contributed by atoms with Crippen molar-refractivity contribution in [2.24, 2.45) is 5.41 Å². The Morgan fingerprint density at radius 2 is 1.96 bits per heavy atom. The van der Waals surface area contributed by atoms with Crippen LogP contribution in [0.4, 0.5) is 0 Å². The maximum Gasteiger partial charge on any atom is 0.248 e. The average Bonchev–Trinajstić information content (AvgIpc) is 2.92. The molecule has 0 aromatic heterocycles. The van der Waals surface area contributed by atoms with Crippen LogP contribution in [-0.4, -0.2) is 61.5 Å². The van der Waals surface area contributed by atoms with Gasteiger partial charge in [-0.1, -0.05) is 42.5 Å². The Morgan fingerprint density at radius 3 is 2.64 bits per heavy atom. The van der Waals surface area contributed by atoms with E-state index >= 15 is 0 Å². The zero-order valence-electron chi connectivity index (χ0n) is 14.8. The highest BCUT2D eigenvalue weighted by Crippen LogP contribution is 2.40. The van der Waals surface area contributed by atoms with Gasteiger partial charge < -0.3 is 14.5 Å². The van der Waals surface area contributed by atoms with E-state index in [2.05, 4.69) is 24.3 Å². The van der Waals surface area contributed by atoms with Gasteiger partial charge in [-0.3, -0.25) is 9.59 Å². The number of likely N-dealkylation sites (tertiary alicyclic amines) is 2. The maximum absolute atomic E-state index is 12.4. The average molecular weight is 342 g/mol. The lowest BCUT2D eigenvalue weighted by Gasteiger charge is -2.38. The predicted molar refractivity (Wildman–Crippen MR) is 96.8 cm³/mol. The van der Waals surface area contributed by atoms with Gasteiger partial charge in [0.15, 0.2) is 0 Å². The Morgan fingerprint density at radius 1 is 1.24 bits per heavy atom. The molecular weight excluding hydrogens is 316 g/mol. The van der Waals surface area contributed by atoms with Crippen LogP contribution in [0, 0.1) is 5.41 Å². The van der Waals surface area contributed by atoms with Crippen molar-refractivity contribution in [3.8, 4) is 0 Å². The van der Waals surface area contributed by atoms with E-state index in [-0.39, 0.29) is 23.8 Å². The number of hydrogen-bond acceptors (Lipinski definition) is 3. The van der Waals surface area contributed by atoms with Gasteiger partial charge in [-0.2, -0.15) is 0 Å². The third-order valence-corrected chi connectivity index (χ3v) is 5.29. The van der Waals surface area contributed by atoms with Gasteiger partial charge in [0.2, 0.25) is 11.8 Å². The fourth-order valence-corrected chi connectivity index (χ4v) is 3.81. The summed E-state index contributed by atoms with van der Waals surface area (Å²) in [4.78, 5) is 28.1. The summed E-state index contributed by atoms with van der Waals surface area (Å²) in [7, 11) is 1.54. The molecule has 5 heteroatoms. The lowest BCUT2D eigenvalue weighted by Crippen LogP contribution is -2.45. The molecule has 0 aliphatic carbocycles. The molecule has 0 atom stereocenters. The summed E-state index contributed by atoms with van der Waals surface area (Å²) in [6.07, 6.45) is 6.52. The molecule has 5 nitrogen and oxygen atoms in total. The summed E-state index contributed by atoms with van der Waals surface area (Å²) in [6.45, 7) is 3.05. The summed E-state index contributed by atoms with van der Waals surface area (Å²) in [6, 6.07) is 10.1. The van der Waals surface area contributed by atoms with Gasteiger partial charge in [-0.05, 0) is 18.4 Å². The summed E-state index contributed by atoms with van der Waals surface area (Å²) in [5.41, 5.74) is 1.19. The van der Waals surface area contributed by atoms with Crippen LogP contribution >= 0.6 is 0 Å². The molecule has 134 valence electrons. The topological polar surface area (TPSA) is 49.9 Å². The van der Waals surface area contributed by atoms with Gasteiger partial charge in [-0.15, -0.1) is 0 Å². The van der Waals surface area contributed by atoms with Crippen LogP contribution in [0.2, 0.25) is 0 Å². The Balaban J connectivity index is 1.52. The summed E-state index contributed by atoms with van der Waals surface area (Å²) >= 11 is 0. The zero-order chi connectivity index (χ0) is 17.7. The normalized spacial score (nSPS) is 20.0. The van der Waals surface area contributed by atoms with Gasteiger partial charge >= 0.3 is 0 Å². The standard InChI is InChI=1S/C20H26N2O3/c1-25-15-19(24)21-12-9-20(10-13-21)14-18(23)22(16-20)11-5-8-17-6-3-2-4-7-17/h2-8H,9-16H2,1H3/b8-5+. The summed E-state index contributed by atoms with van der Waals surface area (Å²) in [5, 5.41) is 0. The van der Waals surface area contributed by atoms with E-state index in [1.165, 1.54) is 0 Å². The van der Waals surface area contributed by atoms with Crippen LogP contribution in [0.25, 0.3) is 6.08 Å². The molecule has 2 saturated heterocycles. The number of methoxy groups -OCH3 is 1. The molecule has 0 radical (unpaired) electrons. The fraction of sp³-hybridized carbons (Fsp3) is 0.500. The molecule has 1 aromatic rings. The van der Waals surface area contributed by atoms with Crippen molar-refractivity contribution < 1.29 is 14.3 Å². The van der Waals surface area contributed by atoms with Crippen molar-refractivity contribution >= 4 is 17.9 Å². The van der Waals surface area contributed by atoms with Gasteiger partial charge in [0.1, 0.15) is 6.61 Å². The number of hydrogen-bond donors (Lipinski definition) is 0. The molecule has 2 aliphatic rings. The van der Waals surface area contributed by atoms with Crippen LogP contribution in [-0.2, 0) is 14.3 Å². The quantitative estimate of drug-likeness (QED) is 0.824. The Bertz CT molecular complexity index is 634. The first-order valence-electron chi connectivity index (χ1n) is 8.88. The molecule has 0 unspecified atom stereocenters. The molecule has 1 aromatic carbocycles. The minimum absolute atomic E-state index is 0.0432. The number of ether oxygens (including phenoxy) is 1. The SMILES string of the molecule is COCC(=O)N1CCC2(CC1)CC(=O)N(C/C=C/c1ccccc1)C2. The molecule has 0 N–H and O–H groups in total. The zero-order valence-corrected chi connectivity index (χ0v) is 14.8. The van der Waals surface area contributed by atoms with E-state index in [0.717, 1.165) is 38.0 Å². The molecule has 2 amide bonds. The maximum atomic E-state index is 12.4. The number of carbonyl (C=O) groups excluding carboxylic acids is 2. The highest BCUT2D eigenvalue weighted by atomic mass is 16.5. The first kappa shape index (κ1) is 17.7. The van der Waals surface area contributed by atoms with Crippen molar-refractivity contribution in [2.45, 2.75) is 19.3 Å². The molecule has 2 fully saturated rings. The number of nitrogens with zero attached hydrogens (tertiary/aromatic N) is 2. The second-order valence-electron chi connectivity index (χ2n) is 7.08. The van der Waals surface area contributed by atoms with Crippen molar-refractivity contribution in [1.29, 1.82) is 0 Å². The van der Waals surface area contributed by atoms with E-state index < -0.39 is 0 Å². The first-order valence-corrected chi connectivity index (χ1v) is 8.88. The smallest absolute Gasteiger partial charge is 0.248 e. The lowest BCUT2D eigenvalue weighted by molar-refractivity contribution is -0.137. The third kappa shape index (κ3) is 4.28. The fourth-order valence-electron chi connectivity index (χ4n) is 3.81. The number of benzene rings is 1. The van der Waals surface area contributed by atoms with Crippen LogP contribution in [0.15, 0.2) is 36.4 Å². The van der Waals surface area contributed by atoms with E-state index in [1.807, 2.05) is 28.0 Å². The van der Waals surface area contributed by atoms with Gasteiger partial charge in [0.25, 0.3) is 0 Å². The molecule has 0 saturated carbocycles. The Kier molecular flexibility index (Phi) is 5.53. The first-order chi connectivity index (χ1) is 12.1. The largest absolute Gasteiger partial charge is 0.375 e. The van der Waals surface area contributed by atoms with Crippen LogP contribution < -0.4 is 0 Å². The third-order valence-electron chi connectivity index (χ3n) is 5.29. The minimum Gasteiger partial charge on any atom is -0.375 e. The molecule has 2 aliphatic heterocycles. The Labute approximate surface area is 149 Å². The summed E-state index contributed by atoms with van der Waals surface area (Å²) < 4.78 is 4.93. The van der Waals surface area contributed by atoms with Crippen molar-refractivity contribution in [3.05, 3.63) is 42.0 Å². The van der Waals surface area contributed by atoms with E-state index in [9.17, 15) is 9.59 Å². The number of carbonyl (C=O) groups is 2. The molecule has 1 spiro atoms. The van der Waals surface area contributed by atoms with Crippen molar-refractivity contribution in [3.63, 3.8) is 0 Å². The number of piperidine rings is 1. The second-order valence-corrected chi connectivity index (χ2v) is 7.08. The van der Waals surface area contributed by atoms with Crippen LogP contribution in [0.1, 0.15) is 24.8 Å². The van der Waals surface area contributed by atoms with E-state index in [4.69, 9.17) is 4.74 Å². The second kappa shape index (κ2) is 7.83. The van der Waals surface area contributed by atoms with Crippen molar-refractivity contribution in [2.75, 3.05) is 39.9 Å². The van der Waals surface area contributed by atoms with Crippen LogP contribution in [0.5, 0.6) is 0 Å². The molecule has 0 bridgehead atoms. The highest BCUT2D eigenvalue weighted by molar-refractivity contribution is 5.80. The Hall–Kier alpha value is -2.14. The number of amides is 2. The van der Waals surface area contributed by atoms with E-state index in [0.29, 0.717) is 13.0 Å². The monoisotopic (exact) mass is 342 g/mol. The van der Waals surface area contributed by atoms with Crippen LogP contribution in [0.3, 0.4) is 0 Å². The van der Waals surface area contributed by atoms with Gasteiger partial charge in [0.05, 0.1) is 0 Å².